The highest BCUT2D eigenvalue weighted by atomic mass is 28.3. The number of carbonyl (C=O) groups is 1. The molecule has 2 rings (SSSR count). The highest BCUT2D eigenvalue weighted by Gasteiger charge is 2.27. The van der Waals surface area contributed by atoms with E-state index < -0.39 is 8.07 Å². The van der Waals surface area contributed by atoms with Gasteiger partial charge in [-0.1, -0.05) is 50.0 Å². The van der Waals surface area contributed by atoms with Crippen LogP contribution in [0.25, 0.3) is 6.08 Å². The monoisotopic (exact) mass is 230 g/mol. The molecular weight excluding hydrogens is 212 g/mol. The number of fused-ring (bicyclic) bond motifs is 1. The van der Waals surface area contributed by atoms with E-state index in [1.165, 1.54) is 11.1 Å². The molecule has 0 unspecified atom stereocenters. The predicted octanol–water partition coefficient (Wildman–Crippen LogP) is 3.46. The number of allylic oxidation sites excluding steroid dienone is 1. The number of hydrogen-bond acceptors (Lipinski definition) is 1. The molecular formula is C14H18OSi. The first-order valence-corrected chi connectivity index (χ1v) is 9.32. The summed E-state index contributed by atoms with van der Waals surface area (Å²) >= 11 is 0. The first-order valence-electron chi connectivity index (χ1n) is 5.82. The molecule has 1 aromatic rings. The molecule has 0 radical (unpaired) electrons. The third-order valence-corrected chi connectivity index (χ3v) is 5.12. The van der Waals surface area contributed by atoms with Crippen LogP contribution in [0.2, 0.25) is 19.6 Å². The summed E-state index contributed by atoms with van der Waals surface area (Å²) in [5.41, 5.74) is 2.55. The van der Waals surface area contributed by atoms with Gasteiger partial charge < -0.3 is 0 Å². The Balaban J connectivity index is 2.53. The Morgan fingerprint density at radius 1 is 1.06 bits per heavy atom. The Morgan fingerprint density at radius 2 is 1.75 bits per heavy atom. The van der Waals surface area contributed by atoms with Gasteiger partial charge in [-0.05, 0) is 22.7 Å². The summed E-state index contributed by atoms with van der Waals surface area (Å²) < 4.78 is 0. The minimum Gasteiger partial charge on any atom is -0.295 e. The number of Topliss-reactive ketones (excluding diaryl/α,β-unsaturated/α-hetero) is 1. The summed E-state index contributed by atoms with van der Waals surface area (Å²) in [4.78, 5) is 12.1. The van der Waals surface area contributed by atoms with Crippen LogP contribution in [-0.4, -0.2) is 13.9 Å². The lowest BCUT2D eigenvalue weighted by Gasteiger charge is -2.18. The van der Waals surface area contributed by atoms with Crippen LogP contribution in [0.3, 0.4) is 0 Å². The van der Waals surface area contributed by atoms with E-state index in [-0.39, 0.29) is 0 Å². The molecule has 84 valence electrons. The Labute approximate surface area is 98.2 Å². The topological polar surface area (TPSA) is 17.1 Å². The van der Waals surface area contributed by atoms with E-state index in [1.54, 1.807) is 0 Å². The minimum atomic E-state index is -1.51. The van der Waals surface area contributed by atoms with Crippen LogP contribution < -0.4 is 0 Å². The molecule has 0 heterocycles. The van der Waals surface area contributed by atoms with E-state index in [0.29, 0.717) is 12.2 Å². The van der Waals surface area contributed by atoms with E-state index in [2.05, 4.69) is 43.9 Å². The van der Waals surface area contributed by atoms with Crippen molar-refractivity contribution in [1.29, 1.82) is 0 Å². The third-order valence-electron chi connectivity index (χ3n) is 3.08. The van der Waals surface area contributed by atoms with Crippen LogP contribution in [0, 0.1) is 0 Å². The van der Waals surface area contributed by atoms with E-state index in [4.69, 9.17) is 0 Å². The fraction of sp³-hybridized carbons (Fsp3) is 0.357. The van der Waals surface area contributed by atoms with Gasteiger partial charge in [-0.3, -0.25) is 4.79 Å². The second kappa shape index (κ2) is 4.02. The van der Waals surface area contributed by atoms with Crippen molar-refractivity contribution >= 4 is 19.9 Å². The highest BCUT2D eigenvalue weighted by molar-refractivity contribution is 6.88. The standard InChI is InChI=1S/C14H18OSi/c1-16(2,3)14-10-12-7-5-4-6-11(12)8-9-13(14)15/h4-7,10H,8-9H2,1-3H3. The molecule has 1 aliphatic rings. The molecule has 0 atom stereocenters. The van der Waals surface area contributed by atoms with Crippen molar-refractivity contribution in [2.45, 2.75) is 32.5 Å². The lowest BCUT2D eigenvalue weighted by Crippen LogP contribution is -2.29. The zero-order valence-corrected chi connectivity index (χ0v) is 11.2. The lowest BCUT2D eigenvalue weighted by molar-refractivity contribution is -0.114. The van der Waals surface area contributed by atoms with Gasteiger partial charge in [-0.15, -0.1) is 0 Å². The molecule has 0 N–H and O–H groups in total. The maximum atomic E-state index is 12.1. The van der Waals surface area contributed by atoms with Crippen LogP contribution in [0.4, 0.5) is 0 Å². The Hall–Kier alpha value is -1.15. The number of rotatable bonds is 1. The second-order valence-electron chi connectivity index (χ2n) is 5.43. The van der Waals surface area contributed by atoms with Crippen molar-refractivity contribution in [3.63, 3.8) is 0 Å². The van der Waals surface area contributed by atoms with Crippen LogP contribution in [0.1, 0.15) is 17.5 Å². The van der Waals surface area contributed by atoms with Gasteiger partial charge in [-0.25, -0.2) is 0 Å². The van der Waals surface area contributed by atoms with Crippen molar-refractivity contribution in [2.24, 2.45) is 0 Å². The average molecular weight is 230 g/mol. The Morgan fingerprint density at radius 3 is 2.44 bits per heavy atom. The van der Waals surface area contributed by atoms with Gasteiger partial charge in [0.25, 0.3) is 0 Å². The van der Waals surface area contributed by atoms with Gasteiger partial charge in [0.15, 0.2) is 5.78 Å². The molecule has 0 aromatic heterocycles. The first kappa shape index (κ1) is 11.3. The fourth-order valence-corrected chi connectivity index (χ4v) is 3.71. The summed E-state index contributed by atoms with van der Waals surface area (Å²) in [5.74, 6) is 0.357. The average Bonchev–Trinajstić information content (AvgIpc) is 2.38. The van der Waals surface area contributed by atoms with Crippen molar-refractivity contribution in [2.75, 3.05) is 0 Å². The van der Waals surface area contributed by atoms with E-state index in [9.17, 15) is 4.79 Å². The molecule has 0 fully saturated rings. The molecule has 1 aromatic carbocycles. The van der Waals surface area contributed by atoms with Crippen molar-refractivity contribution in [1.82, 2.24) is 0 Å². The van der Waals surface area contributed by atoms with Crippen LogP contribution in [-0.2, 0) is 11.2 Å². The van der Waals surface area contributed by atoms with E-state index in [0.717, 1.165) is 11.6 Å². The summed E-state index contributed by atoms with van der Waals surface area (Å²) in [7, 11) is -1.51. The summed E-state index contributed by atoms with van der Waals surface area (Å²) in [6.07, 6.45) is 3.70. The lowest BCUT2D eigenvalue weighted by atomic mass is 10.1. The van der Waals surface area contributed by atoms with Crippen molar-refractivity contribution in [3.8, 4) is 0 Å². The Bertz CT molecular complexity index is 452. The second-order valence-corrected chi connectivity index (χ2v) is 10.5. The summed E-state index contributed by atoms with van der Waals surface area (Å²) in [6.45, 7) is 6.72. The maximum absolute atomic E-state index is 12.1. The van der Waals surface area contributed by atoms with Crippen molar-refractivity contribution < 1.29 is 4.79 Å². The Kier molecular flexibility index (Phi) is 2.85. The third kappa shape index (κ3) is 2.17. The van der Waals surface area contributed by atoms with Crippen LogP contribution in [0.5, 0.6) is 0 Å². The molecule has 0 saturated heterocycles. The zero-order chi connectivity index (χ0) is 11.8. The SMILES string of the molecule is C[Si](C)(C)C1=Cc2ccccc2CCC1=O. The van der Waals surface area contributed by atoms with Gasteiger partial charge >= 0.3 is 0 Å². The molecule has 0 saturated carbocycles. The molecule has 1 nitrogen and oxygen atoms in total. The molecule has 1 aliphatic carbocycles. The fourth-order valence-electron chi connectivity index (χ4n) is 2.16. The molecule has 0 aliphatic heterocycles. The van der Waals surface area contributed by atoms with E-state index in [1.807, 2.05) is 6.07 Å². The minimum absolute atomic E-state index is 0.357. The van der Waals surface area contributed by atoms with Gasteiger partial charge in [0.1, 0.15) is 0 Å². The number of carbonyl (C=O) groups excluding carboxylic acids is 1. The van der Waals surface area contributed by atoms with Crippen molar-refractivity contribution in [3.05, 3.63) is 40.6 Å². The smallest absolute Gasteiger partial charge is 0.155 e. The van der Waals surface area contributed by atoms with Gasteiger partial charge in [-0.2, -0.15) is 0 Å². The number of hydrogen-bond donors (Lipinski definition) is 0. The number of benzene rings is 1. The zero-order valence-electron chi connectivity index (χ0n) is 10.2. The summed E-state index contributed by atoms with van der Waals surface area (Å²) in [6, 6.07) is 8.35. The number of ketones is 1. The largest absolute Gasteiger partial charge is 0.295 e. The molecule has 0 bridgehead atoms. The highest BCUT2D eigenvalue weighted by Crippen LogP contribution is 2.26. The number of aryl methyl sites for hydroxylation is 1. The quantitative estimate of drug-likeness (QED) is 0.675. The van der Waals surface area contributed by atoms with Gasteiger partial charge in [0.2, 0.25) is 0 Å². The normalized spacial score (nSPS) is 16.4. The molecule has 0 spiro atoms. The molecule has 0 amide bonds. The van der Waals surface area contributed by atoms with Gasteiger partial charge in [0.05, 0.1) is 8.07 Å². The molecule has 2 heteroatoms. The maximum Gasteiger partial charge on any atom is 0.155 e. The molecule has 16 heavy (non-hydrogen) atoms. The van der Waals surface area contributed by atoms with Gasteiger partial charge in [0, 0.05) is 6.42 Å². The van der Waals surface area contributed by atoms with E-state index >= 15 is 0 Å². The van der Waals surface area contributed by atoms with Crippen LogP contribution >= 0.6 is 0 Å². The summed E-state index contributed by atoms with van der Waals surface area (Å²) in [5, 5.41) is 1.09. The predicted molar refractivity (Wildman–Crippen MR) is 71.1 cm³/mol. The first-order chi connectivity index (χ1) is 7.48. The van der Waals surface area contributed by atoms with Crippen LogP contribution in [0.15, 0.2) is 29.5 Å².